The van der Waals surface area contributed by atoms with Gasteiger partial charge in [0.05, 0.1) is 6.61 Å². The fourth-order valence-corrected chi connectivity index (χ4v) is 2.19. The molecule has 2 rings (SSSR count). The zero-order valence-corrected chi connectivity index (χ0v) is 10.6. The van der Waals surface area contributed by atoms with Crippen molar-refractivity contribution >= 4 is 6.41 Å². The van der Waals surface area contributed by atoms with Crippen LogP contribution < -0.4 is 4.74 Å². The van der Waals surface area contributed by atoms with E-state index in [0.29, 0.717) is 18.4 Å². The van der Waals surface area contributed by atoms with Crippen LogP contribution in [0.5, 0.6) is 5.75 Å². The Hall–Kier alpha value is -1.51. The number of carbonyl (C=O) groups is 1. The Kier molecular flexibility index (Phi) is 3.36. The summed E-state index contributed by atoms with van der Waals surface area (Å²) < 4.78 is 5.70. The van der Waals surface area contributed by atoms with Crippen molar-refractivity contribution in [3.05, 3.63) is 29.3 Å². The molecule has 0 fully saturated rings. The van der Waals surface area contributed by atoms with Crippen molar-refractivity contribution in [3.63, 3.8) is 0 Å². The number of hydrogen-bond acceptors (Lipinski definition) is 2. The highest BCUT2D eigenvalue weighted by atomic mass is 16.5. The van der Waals surface area contributed by atoms with E-state index >= 15 is 0 Å². The summed E-state index contributed by atoms with van der Waals surface area (Å²) in [6.07, 6.45) is 0.862. The van der Waals surface area contributed by atoms with Crippen molar-refractivity contribution < 1.29 is 9.53 Å². The summed E-state index contributed by atoms with van der Waals surface area (Å²) in [4.78, 5) is 12.3. The number of carbonyl (C=O) groups excluding carboxylic acids is 1. The molecule has 1 amide bonds. The second-order valence-corrected chi connectivity index (χ2v) is 5.00. The lowest BCUT2D eigenvalue weighted by molar-refractivity contribution is -0.117. The van der Waals surface area contributed by atoms with Gasteiger partial charge in [0, 0.05) is 25.1 Å². The third-order valence-corrected chi connectivity index (χ3v) is 3.27. The Morgan fingerprint density at radius 1 is 1.53 bits per heavy atom. The van der Waals surface area contributed by atoms with Crippen LogP contribution in [0.3, 0.4) is 0 Å². The molecule has 1 aliphatic rings. The van der Waals surface area contributed by atoms with E-state index in [9.17, 15) is 4.79 Å². The first-order chi connectivity index (χ1) is 8.11. The third-order valence-electron chi connectivity index (χ3n) is 3.27. The zero-order valence-electron chi connectivity index (χ0n) is 10.6. The van der Waals surface area contributed by atoms with E-state index in [1.54, 1.807) is 11.9 Å². The van der Waals surface area contributed by atoms with Gasteiger partial charge in [-0.25, -0.2) is 0 Å². The van der Waals surface area contributed by atoms with Gasteiger partial charge in [0.25, 0.3) is 0 Å². The van der Waals surface area contributed by atoms with Gasteiger partial charge < -0.3 is 9.64 Å². The predicted molar refractivity (Wildman–Crippen MR) is 67.5 cm³/mol. The number of nitrogens with zero attached hydrogens (tertiary/aromatic N) is 1. The van der Waals surface area contributed by atoms with Crippen LogP contribution in [0.15, 0.2) is 18.2 Å². The number of ether oxygens (including phenoxy) is 1. The number of rotatable bonds is 4. The highest BCUT2D eigenvalue weighted by Gasteiger charge is 2.25. The van der Waals surface area contributed by atoms with E-state index < -0.39 is 0 Å². The molecular weight excluding hydrogens is 214 g/mol. The normalized spacial score (nSPS) is 17.8. The lowest BCUT2D eigenvalue weighted by atomic mass is 9.96. The first kappa shape index (κ1) is 12.0. The number of fused-ring (bicyclic) bond motifs is 1. The van der Waals surface area contributed by atoms with Gasteiger partial charge in [-0.2, -0.15) is 0 Å². The summed E-state index contributed by atoms with van der Waals surface area (Å²) in [6, 6.07) is 6.42. The monoisotopic (exact) mass is 233 g/mol. The van der Waals surface area contributed by atoms with Crippen LogP contribution >= 0.6 is 0 Å². The molecule has 0 radical (unpaired) electrons. The van der Waals surface area contributed by atoms with Gasteiger partial charge in [-0.3, -0.25) is 4.79 Å². The standard InChI is InChI=1S/C14H19NO2/c1-10(2)11-4-5-13-12(7-15(3)9-16)8-17-14(13)6-11/h4-6,9-10,12H,7-8H2,1-3H3. The lowest BCUT2D eigenvalue weighted by Gasteiger charge is -2.15. The highest BCUT2D eigenvalue weighted by Crippen LogP contribution is 2.36. The fourth-order valence-electron chi connectivity index (χ4n) is 2.19. The maximum absolute atomic E-state index is 10.6. The molecule has 1 aromatic carbocycles. The van der Waals surface area contributed by atoms with Crippen molar-refractivity contribution in [2.45, 2.75) is 25.7 Å². The molecule has 1 unspecified atom stereocenters. The van der Waals surface area contributed by atoms with Gasteiger partial charge in [0.15, 0.2) is 0 Å². The van der Waals surface area contributed by atoms with Crippen LogP contribution in [0.2, 0.25) is 0 Å². The fraction of sp³-hybridized carbons (Fsp3) is 0.500. The minimum atomic E-state index is 0.307. The highest BCUT2D eigenvalue weighted by molar-refractivity contribution is 5.48. The molecule has 0 saturated carbocycles. The lowest BCUT2D eigenvalue weighted by Crippen LogP contribution is -2.23. The Morgan fingerprint density at radius 3 is 2.94 bits per heavy atom. The summed E-state index contributed by atoms with van der Waals surface area (Å²) >= 11 is 0. The molecule has 3 heteroatoms. The Morgan fingerprint density at radius 2 is 2.29 bits per heavy atom. The molecule has 17 heavy (non-hydrogen) atoms. The maximum atomic E-state index is 10.6. The molecule has 1 atom stereocenters. The number of hydrogen-bond donors (Lipinski definition) is 0. The number of amides is 1. The molecule has 0 bridgehead atoms. The van der Waals surface area contributed by atoms with Gasteiger partial charge >= 0.3 is 0 Å². The van der Waals surface area contributed by atoms with E-state index in [1.807, 2.05) is 0 Å². The molecule has 0 aromatic heterocycles. The van der Waals surface area contributed by atoms with Crippen LogP contribution in [0, 0.1) is 0 Å². The van der Waals surface area contributed by atoms with E-state index in [2.05, 4.69) is 32.0 Å². The molecule has 0 saturated heterocycles. The van der Waals surface area contributed by atoms with Gasteiger partial charge in [0.2, 0.25) is 6.41 Å². The Bertz CT molecular complexity index is 415. The van der Waals surface area contributed by atoms with E-state index in [1.165, 1.54) is 11.1 Å². The Labute approximate surface area is 102 Å². The minimum Gasteiger partial charge on any atom is -0.493 e. The van der Waals surface area contributed by atoms with Crippen LogP contribution in [0.25, 0.3) is 0 Å². The second-order valence-electron chi connectivity index (χ2n) is 5.00. The maximum Gasteiger partial charge on any atom is 0.209 e. The molecule has 0 aliphatic carbocycles. The predicted octanol–water partition coefficient (Wildman–Crippen LogP) is 2.37. The second kappa shape index (κ2) is 4.78. The first-order valence-electron chi connectivity index (χ1n) is 6.04. The quantitative estimate of drug-likeness (QED) is 0.747. The molecule has 1 aromatic rings. The Balaban J connectivity index is 2.18. The number of benzene rings is 1. The average Bonchev–Trinajstić information content (AvgIpc) is 2.71. The summed E-state index contributed by atoms with van der Waals surface area (Å²) in [5.74, 6) is 1.81. The largest absolute Gasteiger partial charge is 0.493 e. The molecule has 92 valence electrons. The summed E-state index contributed by atoms with van der Waals surface area (Å²) in [7, 11) is 1.80. The summed E-state index contributed by atoms with van der Waals surface area (Å²) in [5.41, 5.74) is 2.52. The van der Waals surface area contributed by atoms with Gasteiger partial charge in [0.1, 0.15) is 5.75 Å². The van der Waals surface area contributed by atoms with Crippen LogP contribution in [0.4, 0.5) is 0 Å². The summed E-state index contributed by atoms with van der Waals surface area (Å²) in [6.45, 7) is 5.75. The molecule has 1 aliphatic heterocycles. The molecule has 1 heterocycles. The number of likely N-dealkylation sites (N-methyl/N-ethyl adjacent to an activating group) is 1. The smallest absolute Gasteiger partial charge is 0.209 e. The SMILES string of the molecule is CC(C)c1ccc2c(c1)OCC2CN(C)C=O. The molecule has 0 spiro atoms. The minimum absolute atomic E-state index is 0.307. The van der Waals surface area contributed by atoms with Crippen LogP contribution in [0.1, 0.15) is 36.8 Å². The van der Waals surface area contributed by atoms with E-state index in [4.69, 9.17) is 4.74 Å². The van der Waals surface area contributed by atoms with E-state index in [0.717, 1.165) is 18.7 Å². The van der Waals surface area contributed by atoms with Gasteiger partial charge in [-0.1, -0.05) is 26.0 Å². The van der Waals surface area contributed by atoms with Crippen molar-refractivity contribution in [2.24, 2.45) is 0 Å². The molecule has 3 nitrogen and oxygen atoms in total. The zero-order chi connectivity index (χ0) is 12.4. The van der Waals surface area contributed by atoms with Gasteiger partial charge in [-0.15, -0.1) is 0 Å². The average molecular weight is 233 g/mol. The molecular formula is C14H19NO2. The van der Waals surface area contributed by atoms with Gasteiger partial charge in [-0.05, 0) is 17.5 Å². The summed E-state index contributed by atoms with van der Waals surface area (Å²) in [5, 5.41) is 0. The first-order valence-corrected chi connectivity index (χ1v) is 6.04. The van der Waals surface area contributed by atoms with Crippen molar-refractivity contribution in [3.8, 4) is 5.75 Å². The van der Waals surface area contributed by atoms with Crippen LogP contribution in [-0.4, -0.2) is 31.5 Å². The van der Waals surface area contributed by atoms with Crippen molar-refractivity contribution in [1.82, 2.24) is 4.90 Å². The van der Waals surface area contributed by atoms with Crippen molar-refractivity contribution in [1.29, 1.82) is 0 Å². The van der Waals surface area contributed by atoms with E-state index in [-0.39, 0.29) is 0 Å². The van der Waals surface area contributed by atoms with Crippen molar-refractivity contribution in [2.75, 3.05) is 20.2 Å². The topological polar surface area (TPSA) is 29.5 Å². The molecule has 0 N–H and O–H groups in total. The third kappa shape index (κ3) is 2.43. The van der Waals surface area contributed by atoms with Crippen LogP contribution in [-0.2, 0) is 4.79 Å².